The van der Waals surface area contributed by atoms with Gasteiger partial charge in [0, 0.05) is 60.4 Å². The average molecular weight is 457 g/mol. The van der Waals surface area contributed by atoms with Crippen LogP contribution in [0.2, 0.25) is 0 Å². The largest absolute Gasteiger partial charge is 0.376 e. The highest BCUT2D eigenvalue weighted by molar-refractivity contribution is 6.00. The van der Waals surface area contributed by atoms with Crippen LogP contribution < -0.4 is 0 Å². The lowest BCUT2D eigenvalue weighted by molar-refractivity contribution is 0.0545. The van der Waals surface area contributed by atoms with E-state index in [1.807, 2.05) is 24.1 Å². The minimum Gasteiger partial charge on any atom is -0.376 e. The van der Waals surface area contributed by atoms with E-state index in [0.29, 0.717) is 13.1 Å². The van der Waals surface area contributed by atoms with Crippen molar-refractivity contribution >= 4 is 5.91 Å². The fourth-order valence-corrected chi connectivity index (χ4v) is 5.76. The number of aromatic nitrogens is 3. The van der Waals surface area contributed by atoms with Gasteiger partial charge in [0.1, 0.15) is 0 Å². The zero-order valence-electron chi connectivity index (χ0n) is 19.9. The first-order chi connectivity index (χ1) is 16.6. The van der Waals surface area contributed by atoms with Crippen molar-refractivity contribution in [3.05, 3.63) is 59.5 Å². The predicted octanol–water partition coefficient (Wildman–Crippen LogP) is 5.25. The first kappa shape index (κ1) is 21.5. The number of pyridine rings is 1. The molecule has 0 radical (unpaired) electrons. The molecule has 1 saturated heterocycles. The molecule has 2 aliphatic heterocycles. The van der Waals surface area contributed by atoms with Crippen molar-refractivity contribution in [2.24, 2.45) is 5.92 Å². The zero-order valence-corrected chi connectivity index (χ0v) is 19.9. The number of amides is 1. The van der Waals surface area contributed by atoms with Gasteiger partial charge in [0.05, 0.1) is 18.0 Å². The summed E-state index contributed by atoms with van der Waals surface area (Å²) >= 11 is 0. The van der Waals surface area contributed by atoms with Crippen LogP contribution in [0.1, 0.15) is 60.1 Å². The summed E-state index contributed by atoms with van der Waals surface area (Å²) < 4.78 is 7.85. The summed E-state index contributed by atoms with van der Waals surface area (Å²) in [7, 11) is 0. The molecule has 6 rings (SSSR count). The summed E-state index contributed by atoms with van der Waals surface area (Å²) in [5, 5.41) is 4.66. The molecule has 1 amide bonds. The quantitative estimate of drug-likeness (QED) is 0.509. The molecular weight excluding hydrogens is 424 g/mol. The number of ether oxygens (including phenoxy) is 1. The molecule has 0 spiro atoms. The molecule has 2 aromatic heterocycles. The van der Waals surface area contributed by atoms with Gasteiger partial charge in [0.15, 0.2) is 0 Å². The minimum atomic E-state index is 0.103. The van der Waals surface area contributed by atoms with E-state index in [1.54, 1.807) is 0 Å². The Kier molecular flexibility index (Phi) is 5.69. The van der Waals surface area contributed by atoms with E-state index in [2.05, 4.69) is 40.2 Å². The van der Waals surface area contributed by atoms with Crippen molar-refractivity contribution in [3.63, 3.8) is 0 Å². The highest BCUT2D eigenvalue weighted by Crippen LogP contribution is 2.35. The smallest absolute Gasteiger partial charge is 0.254 e. The van der Waals surface area contributed by atoms with Gasteiger partial charge >= 0.3 is 0 Å². The maximum Gasteiger partial charge on any atom is 0.254 e. The molecule has 6 nitrogen and oxygen atoms in total. The molecule has 1 unspecified atom stereocenters. The third kappa shape index (κ3) is 4.16. The Morgan fingerprint density at radius 3 is 2.71 bits per heavy atom. The SMILES string of the molecule is Cc1ccc(-c2cnn(CC3CCCC3)c2)c(-c2ccc3c(c2)C(=O)N(CC2CCCO2)C3)n1. The Hall–Kier alpha value is -2.99. The second kappa shape index (κ2) is 8.99. The van der Waals surface area contributed by atoms with E-state index in [-0.39, 0.29) is 12.0 Å². The molecule has 4 heterocycles. The van der Waals surface area contributed by atoms with Crippen LogP contribution >= 0.6 is 0 Å². The fraction of sp³-hybridized carbons (Fsp3) is 0.464. The lowest BCUT2D eigenvalue weighted by Crippen LogP contribution is -2.32. The molecule has 1 aromatic carbocycles. The van der Waals surface area contributed by atoms with Gasteiger partial charge in [0.2, 0.25) is 0 Å². The Morgan fingerprint density at radius 2 is 1.88 bits per heavy atom. The third-order valence-corrected chi connectivity index (χ3v) is 7.61. The zero-order chi connectivity index (χ0) is 23.1. The molecule has 3 aliphatic rings. The lowest BCUT2D eigenvalue weighted by Gasteiger charge is -2.19. The normalized spacial score (nSPS) is 20.4. The molecule has 3 aromatic rings. The summed E-state index contributed by atoms with van der Waals surface area (Å²) in [6.45, 7) is 5.15. The molecule has 176 valence electrons. The van der Waals surface area contributed by atoms with E-state index >= 15 is 0 Å². The third-order valence-electron chi connectivity index (χ3n) is 7.61. The number of nitrogens with zero attached hydrogens (tertiary/aromatic N) is 4. The number of rotatable bonds is 6. The number of fused-ring (bicyclic) bond motifs is 1. The van der Waals surface area contributed by atoms with E-state index in [4.69, 9.17) is 9.72 Å². The molecule has 0 N–H and O–H groups in total. The Labute approximate surface area is 200 Å². The maximum atomic E-state index is 13.2. The van der Waals surface area contributed by atoms with E-state index in [0.717, 1.165) is 71.1 Å². The van der Waals surface area contributed by atoms with Gasteiger partial charge in [-0.05, 0) is 56.2 Å². The highest BCUT2D eigenvalue weighted by Gasteiger charge is 2.31. The summed E-state index contributed by atoms with van der Waals surface area (Å²) in [6, 6.07) is 10.4. The van der Waals surface area contributed by atoms with Crippen LogP contribution in [-0.2, 0) is 17.8 Å². The van der Waals surface area contributed by atoms with Crippen molar-refractivity contribution in [2.45, 2.75) is 64.6 Å². The second-order valence-corrected chi connectivity index (χ2v) is 10.1. The Bertz CT molecular complexity index is 1200. The van der Waals surface area contributed by atoms with Crippen molar-refractivity contribution in [1.29, 1.82) is 0 Å². The molecule has 1 atom stereocenters. The standard InChI is InChI=1S/C28H32N4O2/c1-19-8-11-25(23-14-29-32(17-23)15-20-5-2-3-6-20)27(30-19)21-9-10-22-16-31(28(33)26(22)13-21)18-24-7-4-12-34-24/h8-11,13-14,17,20,24H,2-7,12,15-16,18H2,1H3. The van der Waals surface area contributed by atoms with Crippen molar-refractivity contribution in [2.75, 3.05) is 13.2 Å². The van der Waals surface area contributed by atoms with Crippen LogP contribution in [0.25, 0.3) is 22.4 Å². The number of hydrogen-bond donors (Lipinski definition) is 0. The van der Waals surface area contributed by atoms with Gasteiger partial charge in [-0.2, -0.15) is 5.10 Å². The molecule has 1 aliphatic carbocycles. The van der Waals surface area contributed by atoms with Crippen molar-refractivity contribution < 1.29 is 9.53 Å². The van der Waals surface area contributed by atoms with Gasteiger partial charge in [-0.3, -0.25) is 14.5 Å². The second-order valence-electron chi connectivity index (χ2n) is 10.1. The minimum absolute atomic E-state index is 0.103. The van der Waals surface area contributed by atoms with E-state index in [9.17, 15) is 4.79 Å². The number of carbonyl (C=O) groups is 1. The topological polar surface area (TPSA) is 60.2 Å². The Morgan fingerprint density at radius 1 is 1.00 bits per heavy atom. The highest BCUT2D eigenvalue weighted by atomic mass is 16.5. The molecule has 0 bridgehead atoms. The van der Waals surface area contributed by atoms with Gasteiger partial charge in [0.25, 0.3) is 5.91 Å². The molecule has 1 saturated carbocycles. The van der Waals surface area contributed by atoms with Crippen molar-refractivity contribution in [1.82, 2.24) is 19.7 Å². The van der Waals surface area contributed by atoms with Crippen LogP contribution in [0.5, 0.6) is 0 Å². The van der Waals surface area contributed by atoms with Crippen LogP contribution in [0, 0.1) is 12.8 Å². The van der Waals surface area contributed by atoms with E-state index in [1.165, 1.54) is 25.7 Å². The van der Waals surface area contributed by atoms with Crippen LogP contribution in [-0.4, -0.2) is 44.8 Å². The summed E-state index contributed by atoms with van der Waals surface area (Å²) in [6.07, 6.45) is 11.7. The van der Waals surface area contributed by atoms with Crippen LogP contribution in [0.3, 0.4) is 0 Å². The number of hydrogen-bond acceptors (Lipinski definition) is 4. The lowest BCUT2D eigenvalue weighted by atomic mass is 9.98. The van der Waals surface area contributed by atoms with Crippen LogP contribution in [0.15, 0.2) is 42.7 Å². The van der Waals surface area contributed by atoms with Gasteiger partial charge < -0.3 is 9.64 Å². The number of aryl methyl sites for hydroxylation is 1. The predicted molar refractivity (Wildman–Crippen MR) is 131 cm³/mol. The maximum absolute atomic E-state index is 13.2. The van der Waals surface area contributed by atoms with Gasteiger partial charge in [-0.1, -0.05) is 31.0 Å². The fourth-order valence-electron chi connectivity index (χ4n) is 5.76. The number of carbonyl (C=O) groups excluding carboxylic acids is 1. The van der Waals surface area contributed by atoms with Gasteiger partial charge in [-0.15, -0.1) is 0 Å². The van der Waals surface area contributed by atoms with Crippen LogP contribution in [0.4, 0.5) is 0 Å². The summed E-state index contributed by atoms with van der Waals surface area (Å²) in [5.74, 6) is 0.842. The van der Waals surface area contributed by atoms with Gasteiger partial charge in [-0.25, -0.2) is 0 Å². The monoisotopic (exact) mass is 456 g/mol. The van der Waals surface area contributed by atoms with Crippen molar-refractivity contribution in [3.8, 4) is 22.4 Å². The Balaban J connectivity index is 1.28. The first-order valence-electron chi connectivity index (χ1n) is 12.7. The number of benzene rings is 1. The first-order valence-corrected chi connectivity index (χ1v) is 12.7. The summed E-state index contributed by atoms with van der Waals surface area (Å²) in [4.78, 5) is 20.0. The molecule has 34 heavy (non-hydrogen) atoms. The average Bonchev–Trinajstić information content (AvgIpc) is 3.65. The van der Waals surface area contributed by atoms with E-state index < -0.39 is 0 Å². The summed E-state index contributed by atoms with van der Waals surface area (Å²) in [5.41, 5.74) is 6.87. The molecular formula is C28H32N4O2. The molecule has 6 heteroatoms. The molecule has 2 fully saturated rings.